The van der Waals surface area contributed by atoms with Gasteiger partial charge in [0, 0.05) is 22.0 Å². The zero-order chi connectivity index (χ0) is 17.1. The molecular formula is C17H14ClN3O3. The summed E-state index contributed by atoms with van der Waals surface area (Å²) < 4.78 is 0. The first-order valence-corrected chi connectivity index (χ1v) is 7.55. The van der Waals surface area contributed by atoms with Crippen LogP contribution >= 0.6 is 11.6 Å². The number of para-hydroxylation sites is 1. The Morgan fingerprint density at radius 1 is 1.17 bits per heavy atom. The Morgan fingerprint density at radius 3 is 2.75 bits per heavy atom. The van der Waals surface area contributed by atoms with Gasteiger partial charge in [-0.2, -0.15) is 0 Å². The van der Waals surface area contributed by atoms with Crippen LogP contribution in [0.25, 0.3) is 0 Å². The molecule has 1 atom stereocenters. The predicted octanol–water partition coefficient (Wildman–Crippen LogP) is 3.60. The van der Waals surface area contributed by atoms with Crippen LogP contribution in [0.3, 0.4) is 0 Å². The lowest BCUT2D eigenvalue weighted by Crippen LogP contribution is -2.31. The summed E-state index contributed by atoms with van der Waals surface area (Å²) in [5.41, 5.74) is 1.72. The number of anilines is 2. The van der Waals surface area contributed by atoms with Crippen molar-refractivity contribution in [2.75, 3.05) is 10.6 Å². The standard InChI is InChI=1S/C17H14ClN3O3/c18-10-4-3-5-11(8-10)19-17(24)21-14-9-15(22)16(23)20-13-7-2-1-6-12(13)14/h1-9,14,22H,(H,20,23)(H2,19,21,24). The smallest absolute Gasteiger partial charge is 0.319 e. The number of aliphatic hydroxyl groups is 1. The fraction of sp³-hybridized carbons (Fsp3) is 0.0588. The highest BCUT2D eigenvalue weighted by Crippen LogP contribution is 2.28. The Hall–Kier alpha value is -2.99. The minimum absolute atomic E-state index is 0.459. The quantitative estimate of drug-likeness (QED) is 0.671. The molecule has 122 valence electrons. The van der Waals surface area contributed by atoms with Crippen molar-refractivity contribution in [1.29, 1.82) is 0 Å². The number of halogens is 1. The van der Waals surface area contributed by atoms with Gasteiger partial charge in [-0.3, -0.25) is 4.79 Å². The zero-order valence-corrected chi connectivity index (χ0v) is 13.2. The second kappa shape index (κ2) is 6.64. The summed E-state index contributed by atoms with van der Waals surface area (Å²) in [5.74, 6) is -1.08. The molecule has 0 saturated heterocycles. The molecular weight excluding hydrogens is 330 g/mol. The summed E-state index contributed by atoms with van der Waals surface area (Å²) in [6, 6.07) is 12.6. The van der Waals surface area contributed by atoms with Crippen molar-refractivity contribution in [3.05, 3.63) is 71.0 Å². The third-order valence-corrected chi connectivity index (χ3v) is 3.71. The van der Waals surface area contributed by atoms with Gasteiger partial charge in [-0.25, -0.2) is 4.79 Å². The molecule has 3 amide bonds. The first-order chi connectivity index (χ1) is 11.5. The van der Waals surface area contributed by atoms with Gasteiger partial charge in [0.05, 0.1) is 6.04 Å². The van der Waals surface area contributed by atoms with Crippen molar-refractivity contribution < 1.29 is 14.7 Å². The van der Waals surface area contributed by atoms with Crippen LogP contribution in [0.15, 0.2) is 60.4 Å². The Kier molecular flexibility index (Phi) is 4.39. The topological polar surface area (TPSA) is 90.5 Å². The molecule has 0 fully saturated rings. The van der Waals surface area contributed by atoms with Gasteiger partial charge in [0.15, 0.2) is 5.76 Å². The summed E-state index contributed by atoms with van der Waals surface area (Å²) in [6.07, 6.45) is 1.29. The fourth-order valence-corrected chi connectivity index (χ4v) is 2.58. The van der Waals surface area contributed by atoms with E-state index in [0.717, 1.165) is 0 Å². The molecule has 1 aliphatic rings. The van der Waals surface area contributed by atoms with Crippen LogP contribution in [-0.4, -0.2) is 17.0 Å². The number of nitrogens with one attached hydrogen (secondary N) is 3. The fourth-order valence-electron chi connectivity index (χ4n) is 2.39. The minimum Gasteiger partial charge on any atom is -0.503 e. The Balaban J connectivity index is 1.82. The maximum Gasteiger partial charge on any atom is 0.319 e. The average molecular weight is 344 g/mol. The van der Waals surface area contributed by atoms with Crippen LogP contribution in [-0.2, 0) is 4.79 Å². The first kappa shape index (κ1) is 15.9. The van der Waals surface area contributed by atoms with E-state index >= 15 is 0 Å². The van der Waals surface area contributed by atoms with E-state index in [4.69, 9.17) is 11.6 Å². The molecule has 4 N–H and O–H groups in total. The van der Waals surface area contributed by atoms with E-state index in [0.29, 0.717) is 22.0 Å². The predicted molar refractivity (Wildman–Crippen MR) is 92.1 cm³/mol. The number of hydrogen-bond donors (Lipinski definition) is 4. The molecule has 0 bridgehead atoms. The van der Waals surface area contributed by atoms with E-state index in [1.807, 2.05) is 0 Å². The van der Waals surface area contributed by atoms with Gasteiger partial charge in [-0.15, -0.1) is 0 Å². The number of carbonyl (C=O) groups excluding carboxylic acids is 2. The van der Waals surface area contributed by atoms with Gasteiger partial charge in [0.25, 0.3) is 5.91 Å². The van der Waals surface area contributed by atoms with Gasteiger partial charge in [0.2, 0.25) is 0 Å². The molecule has 3 rings (SSSR count). The number of fused-ring (bicyclic) bond motifs is 1. The van der Waals surface area contributed by atoms with Crippen LogP contribution in [0, 0.1) is 0 Å². The van der Waals surface area contributed by atoms with E-state index in [2.05, 4.69) is 16.0 Å². The lowest BCUT2D eigenvalue weighted by molar-refractivity contribution is -0.115. The van der Waals surface area contributed by atoms with Gasteiger partial charge in [-0.1, -0.05) is 35.9 Å². The van der Waals surface area contributed by atoms with Crippen molar-refractivity contribution in [2.24, 2.45) is 0 Å². The molecule has 0 aromatic heterocycles. The van der Waals surface area contributed by atoms with Crippen molar-refractivity contribution in [3.63, 3.8) is 0 Å². The highest BCUT2D eigenvalue weighted by atomic mass is 35.5. The number of urea groups is 1. The number of hydrogen-bond acceptors (Lipinski definition) is 3. The normalized spacial score (nSPS) is 16.3. The van der Waals surface area contributed by atoms with Crippen molar-refractivity contribution >= 4 is 34.9 Å². The minimum atomic E-state index is -0.667. The van der Waals surface area contributed by atoms with Crippen LogP contribution in [0.1, 0.15) is 11.6 Å². The monoisotopic (exact) mass is 343 g/mol. The van der Waals surface area contributed by atoms with Crippen LogP contribution in [0.5, 0.6) is 0 Å². The Bertz CT molecular complexity index is 835. The second-order valence-electron chi connectivity index (χ2n) is 5.18. The number of carbonyl (C=O) groups is 2. The molecule has 0 spiro atoms. The maximum atomic E-state index is 12.2. The summed E-state index contributed by atoms with van der Waals surface area (Å²) in [5, 5.41) is 18.3. The molecule has 2 aromatic carbocycles. The first-order valence-electron chi connectivity index (χ1n) is 7.17. The summed E-state index contributed by atoms with van der Waals surface area (Å²) >= 11 is 5.88. The molecule has 1 aliphatic heterocycles. The molecule has 7 heteroatoms. The van der Waals surface area contributed by atoms with E-state index < -0.39 is 23.7 Å². The van der Waals surface area contributed by atoms with Crippen molar-refractivity contribution in [2.45, 2.75) is 6.04 Å². The molecule has 1 heterocycles. The molecule has 2 aromatic rings. The summed E-state index contributed by atoms with van der Waals surface area (Å²) in [7, 11) is 0. The molecule has 0 radical (unpaired) electrons. The molecule has 0 aliphatic carbocycles. The van der Waals surface area contributed by atoms with Gasteiger partial charge in [-0.05, 0) is 30.3 Å². The van der Waals surface area contributed by atoms with Gasteiger partial charge in [0.1, 0.15) is 0 Å². The van der Waals surface area contributed by atoms with Gasteiger partial charge >= 0.3 is 6.03 Å². The van der Waals surface area contributed by atoms with E-state index in [-0.39, 0.29) is 0 Å². The number of benzene rings is 2. The highest BCUT2D eigenvalue weighted by molar-refractivity contribution is 6.30. The number of rotatable bonds is 2. The van der Waals surface area contributed by atoms with E-state index in [9.17, 15) is 14.7 Å². The Labute approximate surface area is 143 Å². The Morgan fingerprint density at radius 2 is 1.96 bits per heavy atom. The SMILES string of the molecule is O=C(Nc1cccc(Cl)c1)NC1C=C(O)C(=O)Nc2ccccc21. The maximum absolute atomic E-state index is 12.2. The molecule has 24 heavy (non-hydrogen) atoms. The van der Waals surface area contributed by atoms with Crippen molar-refractivity contribution in [3.8, 4) is 0 Å². The van der Waals surface area contributed by atoms with Crippen LogP contribution < -0.4 is 16.0 Å². The molecule has 6 nitrogen and oxygen atoms in total. The lowest BCUT2D eigenvalue weighted by atomic mass is 10.1. The third kappa shape index (κ3) is 3.49. The molecule has 0 saturated carbocycles. The molecule has 1 unspecified atom stereocenters. The summed E-state index contributed by atoms with van der Waals surface area (Å²) in [4.78, 5) is 24.0. The number of aliphatic hydroxyl groups excluding tert-OH is 1. The van der Waals surface area contributed by atoms with Crippen LogP contribution in [0.4, 0.5) is 16.2 Å². The largest absolute Gasteiger partial charge is 0.503 e. The van der Waals surface area contributed by atoms with Gasteiger partial charge < -0.3 is 21.1 Å². The third-order valence-electron chi connectivity index (χ3n) is 3.47. The summed E-state index contributed by atoms with van der Waals surface area (Å²) in [6.45, 7) is 0. The average Bonchev–Trinajstić information content (AvgIpc) is 2.65. The highest BCUT2D eigenvalue weighted by Gasteiger charge is 2.23. The lowest BCUT2D eigenvalue weighted by Gasteiger charge is -2.17. The second-order valence-corrected chi connectivity index (χ2v) is 5.62. The van der Waals surface area contributed by atoms with Crippen LogP contribution in [0.2, 0.25) is 5.02 Å². The zero-order valence-electron chi connectivity index (χ0n) is 12.4. The van der Waals surface area contributed by atoms with Crippen molar-refractivity contribution in [1.82, 2.24) is 5.32 Å². The number of amides is 3. The van der Waals surface area contributed by atoms with E-state index in [1.54, 1.807) is 48.5 Å². The van der Waals surface area contributed by atoms with E-state index in [1.165, 1.54) is 6.08 Å².